The molecule has 0 saturated heterocycles. The first-order valence-electron chi connectivity index (χ1n) is 7.09. The number of hydrogen-bond acceptors (Lipinski definition) is 6. The van der Waals surface area contributed by atoms with Crippen LogP contribution in [-0.4, -0.2) is 22.7 Å². The first kappa shape index (κ1) is 17.4. The van der Waals surface area contributed by atoms with E-state index >= 15 is 0 Å². The number of hydrogen-bond donors (Lipinski definition) is 0. The molecule has 8 heteroatoms. The normalized spacial score (nSPS) is 10.6. The summed E-state index contributed by atoms with van der Waals surface area (Å²) in [4.78, 5) is 14.5. The number of rotatable bonds is 5. The number of aryl methyl sites for hydroxylation is 1. The van der Waals surface area contributed by atoms with Crippen LogP contribution in [0.2, 0.25) is 5.15 Å². The number of nitro benzene ring substituents is 1. The lowest BCUT2D eigenvalue weighted by molar-refractivity contribution is -0.384. The van der Waals surface area contributed by atoms with E-state index in [1.807, 2.05) is 13.0 Å². The fourth-order valence-corrected chi connectivity index (χ4v) is 2.32. The molecule has 0 saturated carbocycles. The van der Waals surface area contributed by atoms with E-state index in [1.54, 1.807) is 30.1 Å². The number of nitro groups is 1. The van der Waals surface area contributed by atoms with Crippen molar-refractivity contribution < 1.29 is 4.92 Å². The van der Waals surface area contributed by atoms with Crippen LogP contribution in [0.15, 0.2) is 35.4 Å². The average molecular weight is 344 g/mol. The molecule has 122 valence electrons. The number of benzene rings is 1. The van der Waals surface area contributed by atoms with Gasteiger partial charge in [-0.3, -0.25) is 10.1 Å². The lowest BCUT2D eigenvalue weighted by Crippen LogP contribution is -2.17. The van der Waals surface area contributed by atoms with Gasteiger partial charge in [-0.2, -0.15) is 10.4 Å². The van der Waals surface area contributed by atoms with E-state index in [9.17, 15) is 10.1 Å². The Kier molecular flexibility index (Phi) is 5.45. The standard InChI is InChI=1S/C16H14ClN5O2/c1-3-21(15-7-11(2)14(9-18)16(17)20-15)19-10-12-5-4-6-13(8-12)22(23)24/h4-8,10H,3H2,1-2H3/b19-10-. The van der Waals surface area contributed by atoms with E-state index in [0.717, 1.165) is 0 Å². The molecule has 0 amide bonds. The van der Waals surface area contributed by atoms with E-state index in [2.05, 4.69) is 10.1 Å². The molecule has 7 nitrogen and oxygen atoms in total. The Hall–Kier alpha value is -2.98. The summed E-state index contributed by atoms with van der Waals surface area (Å²) in [5, 5.41) is 25.9. The Morgan fingerprint density at radius 2 is 2.25 bits per heavy atom. The average Bonchev–Trinajstić information content (AvgIpc) is 2.55. The second kappa shape index (κ2) is 7.53. The summed E-state index contributed by atoms with van der Waals surface area (Å²) in [6, 6.07) is 9.89. The second-order valence-electron chi connectivity index (χ2n) is 4.89. The molecular weight excluding hydrogens is 330 g/mol. The van der Waals surface area contributed by atoms with E-state index in [1.165, 1.54) is 18.3 Å². The molecule has 0 aliphatic carbocycles. The maximum Gasteiger partial charge on any atom is 0.270 e. The lowest BCUT2D eigenvalue weighted by atomic mass is 10.2. The molecule has 0 spiro atoms. The van der Waals surface area contributed by atoms with Crippen molar-refractivity contribution in [3.05, 3.63) is 62.3 Å². The summed E-state index contributed by atoms with van der Waals surface area (Å²) < 4.78 is 0. The van der Waals surface area contributed by atoms with Crippen molar-refractivity contribution in [1.82, 2.24) is 4.98 Å². The van der Waals surface area contributed by atoms with Gasteiger partial charge in [-0.05, 0) is 25.5 Å². The van der Waals surface area contributed by atoms with E-state index in [-0.39, 0.29) is 10.8 Å². The molecule has 24 heavy (non-hydrogen) atoms. The smallest absolute Gasteiger partial charge is 0.258 e. The monoisotopic (exact) mass is 343 g/mol. The number of non-ortho nitro benzene ring substituents is 1. The first-order chi connectivity index (χ1) is 11.5. The zero-order chi connectivity index (χ0) is 17.7. The Bertz CT molecular complexity index is 822. The summed E-state index contributed by atoms with van der Waals surface area (Å²) in [5.74, 6) is 0.501. The van der Waals surface area contributed by atoms with Crippen LogP contribution in [-0.2, 0) is 0 Å². The van der Waals surface area contributed by atoms with E-state index in [0.29, 0.717) is 29.1 Å². The molecule has 1 heterocycles. The predicted molar refractivity (Wildman–Crippen MR) is 92.4 cm³/mol. The minimum Gasteiger partial charge on any atom is -0.258 e. The predicted octanol–water partition coefficient (Wildman–Crippen LogP) is 3.68. The molecule has 0 fully saturated rings. The number of pyridine rings is 1. The number of hydrazone groups is 1. The number of aromatic nitrogens is 1. The Morgan fingerprint density at radius 3 is 2.83 bits per heavy atom. The highest BCUT2D eigenvalue weighted by molar-refractivity contribution is 6.30. The maximum atomic E-state index is 10.8. The highest BCUT2D eigenvalue weighted by Crippen LogP contribution is 2.23. The summed E-state index contributed by atoms with van der Waals surface area (Å²) in [7, 11) is 0. The van der Waals surface area contributed by atoms with Crippen LogP contribution < -0.4 is 5.01 Å². The summed E-state index contributed by atoms with van der Waals surface area (Å²) >= 11 is 6.02. The largest absolute Gasteiger partial charge is 0.270 e. The van der Waals surface area contributed by atoms with E-state index < -0.39 is 4.92 Å². The highest BCUT2D eigenvalue weighted by atomic mass is 35.5. The lowest BCUT2D eigenvalue weighted by Gasteiger charge is -2.17. The third-order valence-electron chi connectivity index (χ3n) is 3.26. The SMILES string of the molecule is CCN(/N=C\c1cccc([N+](=O)[O-])c1)c1cc(C)c(C#N)c(Cl)n1. The van der Waals surface area contributed by atoms with Crippen molar-refractivity contribution in [2.45, 2.75) is 13.8 Å². The molecule has 0 aliphatic heterocycles. The molecule has 0 N–H and O–H groups in total. The van der Waals surface area contributed by atoms with Crippen molar-refractivity contribution in [3.63, 3.8) is 0 Å². The van der Waals surface area contributed by atoms with Crippen molar-refractivity contribution in [2.75, 3.05) is 11.6 Å². The molecule has 1 aromatic heterocycles. The molecule has 0 bridgehead atoms. The molecule has 0 aliphatic rings. The van der Waals surface area contributed by atoms with Crippen LogP contribution in [0.1, 0.15) is 23.6 Å². The molecule has 2 rings (SSSR count). The van der Waals surface area contributed by atoms with Gasteiger partial charge in [0.25, 0.3) is 5.69 Å². The van der Waals surface area contributed by atoms with Gasteiger partial charge in [0, 0.05) is 24.2 Å². The minimum absolute atomic E-state index is 0.00242. The Morgan fingerprint density at radius 1 is 1.50 bits per heavy atom. The fourth-order valence-electron chi connectivity index (χ4n) is 2.04. The number of nitriles is 1. The van der Waals surface area contributed by atoms with Crippen LogP contribution in [0.25, 0.3) is 0 Å². The fraction of sp³-hybridized carbons (Fsp3) is 0.188. The van der Waals surface area contributed by atoms with Crippen molar-refractivity contribution in [2.24, 2.45) is 5.10 Å². The highest BCUT2D eigenvalue weighted by Gasteiger charge is 2.12. The third kappa shape index (κ3) is 3.86. The van der Waals surface area contributed by atoms with Gasteiger partial charge in [-0.15, -0.1) is 0 Å². The molecule has 0 radical (unpaired) electrons. The van der Waals surface area contributed by atoms with Gasteiger partial charge in [-0.25, -0.2) is 9.99 Å². The first-order valence-corrected chi connectivity index (χ1v) is 7.47. The number of nitrogens with zero attached hydrogens (tertiary/aromatic N) is 5. The molecule has 1 aromatic carbocycles. The van der Waals surface area contributed by atoms with Crippen LogP contribution in [0.4, 0.5) is 11.5 Å². The van der Waals surface area contributed by atoms with Crippen molar-refractivity contribution in [1.29, 1.82) is 5.26 Å². The molecule has 0 atom stereocenters. The summed E-state index contributed by atoms with van der Waals surface area (Å²) in [6.07, 6.45) is 1.51. The van der Waals surface area contributed by atoms with Crippen LogP contribution in [0, 0.1) is 28.4 Å². The zero-order valence-electron chi connectivity index (χ0n) is 13.1. The Balaban J connectivity index is 2.31. The van der Waals surface area contributed by atoms with Crippen molar-refractivity contribution >= 4 is 29.3 Å². The number of halogens is 1. The van der Waals surface area contributed by atoms with Gasteiger partial charge >= 0.3 is 0 Å². The van der Waals surface area contributed by atoms with Gasteiger partial charge in [0.1, 0.15) is 11.2 Å². The summed E-state index contributed by atoms with van der Waals surface area (Å²) in [5.41, 5.74) is 1.63. The topological polar surface area (TPSA) is 95.4 Å². The quantitative estimate of drug-likeness (QED) is 0.357. The van der Waals surface area contributed by atoms with Gasteiger partial charge in [0.2, 0.25) is 0 Å². The van der Waals surface area contributed by atoms with Crippen LogP contribution in [0.3, 0.4) is 0 Å². The number of anilines is 1. The molecule has 0 unspecified atom stereocenters. The summed E-state index contributed by atoms with van der Waals surface area (Å²) in [6.45, 7) is 4.17. The molecular formula is C16H14ClN5O2. The second-order valence-corrected chi connectivity index (χ2v) is 5.25. The minimum atomic E-state index is -0.458. The van der Waals surface area contributed by atoms with Crippen molar-refractivity contribution in [3.8, 4) is 6.07 Å². The van der Waals surface area contributed by atoms with Gasteiger partial charge in [0.05, 0.1) is 16.7 Å². The zero-order valence-corrected chi connectivity index (χ0v) is 13.9. The maximum absolute atomic E-state index is 10.8. The Labute approximate surface area is 144 Å². The molecule has 2 aromatic rings. The van der Waals surface area contributed by atoms with Gasteiger partial charge in [-0.1, -0.05) is 23.7 Å². The third-order valence-corrected chi connectivity index (χ3v) is 3.54. The van der Waals surface area contributed by atoms with E-state index in [4.69, 9.17) is 16.9 Å². The van der Waals surface area contributed by atoms with Gasteiger partial charge < -0.3 is 0 Å². The van der Waals surface area contributed by atoms with Gasteiger partial charge in [0.15, 0.2) is 5.82 Å². The van der Waals surface area contributed by atoms with Crippen LogP contribution in [0.5, 0.6) is 0 Å². The van der Waals surface area contributed by atoms with Crippen LogP contribution >= 0.6 is 11.6 Å².